The predicted molar refractivity (Wildman–Crippen MR) is 229 cm³/mol. The Bertz CT molecular complexity index is 1330. The van der Waals surface area contributed by atoms with E-state index in [0.717, 1.165) is 78.0 Å². The Morgan fingerprint density at radius 2 is 0.518 bits per heavy atom. The van der Waals surface area contributed by atoms with Crippen LogP contribution in [0.2, 0.25) is 0 Å². The fraction of sp³-hybridized carbons (Fsp3) is 0.500. The van der Waals surface area contributed by atoms with Crippen molar-refractivity contribution in [3.8, 4) is 0 Å². The molecule has 8 rings (SSSR count). The Kier molecular flexibility index (Phi) is 19.5. The maximum atomic E-state index is 9.28. The molecule has 0 aromatic heterocycles. The number of hydrogen-bond donors (Lipinski definition) is 8. The molecule has 4 saturated heterocycles. The maximum absolute atomic E-state index is 9.28. The molecule has 0 spiro atoms. The first-order valence-electron chi connectivity index (χ1n) is 21.1. The molecular formula is C48H68N4O4. The Labute approximate surface area is 336 Å². The van der Waals surface area contributed by atoms with Gasteiger partial charge in [-0.25, -0.2) is 0 Å². The smallest absolute Gasteiger partial charge is 0.0477 e. The highest BCUT2D eigenvalue weighted by Gasteiger charge is 2.28. The van der Waals surface area contributed by atoms with Gasteiger partial charge in [0.05, 0.1) is 0 Å². The minimum Gasteiger partial charge on any atom is -0.396 e. The van der Waals surface area contributed by atoms with Gasteiger partial charge in [-0.1, -0.05) is 121 Å². The van der Waals surface area contributed by atoms with Gasteiger partial charge in [-0.2, -0.15) is 0 Å². The van der Waals surface area contributed by atoms with Gasteiger partial charge in [0.15, 0.2) is 0 Å². The van der Waals surface area contributed by atoms with Crippen LogP contribution in [0, 0.1) is 23.7 Å². The van der Waals surface area contributed by atoms with E-state index in [0.29, 0.717) is 47.3 Å². The van der Waals surface area contributed by atoms with Gasteiger partial charge < -0.3 is 41.7 Å². The van der Waals surface area contributed by atoms with Crippen molar-refractivity contribution in [2.24, 2.45) is 23.7 Å². The molecule has 4 aliphatic rings. The van der Waals surface area contributed by atoms with Crippen LogP contribution in [0.3, 0.4) is 0 Å². The monoisotopic (exact) mass is 765 g/mol. The van der Waals surface area contributed by atoms with Crippen molar-refractivity contribution in [2.75, 3.05) is 78.8 Å². The average Bonchev–Trinajstić information content (AvgIpc) is 3.30. The zero-order chi connectivity index (χ0) is 39.2. The highest BCUT2D eigenvalue weighted by Crippen LogP contribution is 2.32. The Morgan fingerprint density at radius 3 is 0.696 bits per heavy atom. The summed E-state index contributed by atoms with van der Waals surface area (Å²) in [5.74, 6) is 3.64. The minimum atomic E-state index is 0.284. The molecule has 4 fully saturated rings. The van der Waals surface area contributed by atoms with Gasteiger partial charge in [-0.05, 0) is 97.8 Å². The second kappa shape index (κ2) is 25.0. The van der Waals surface area contributed by atoms with E-state index in [1.165, 1.54) is 22.3 Å². The molecule has 4 aromatic rings. The molecule has 4 aliphatic heterocycles. The molecule has 304 valence electrons. The number of aliphatic hydroxyl groups excluding tert-OH is 4. The van der Waals surface area contributed by atoms with E-state index < -0.39 is 0 Å². The van der Waals surface area contributed by atoms with Crippen LogP contribution in [-0.2, 0) is 0 Å². The lowest BCUT2D eigenvalue weighted by atomic mass is 9.82. The van der Waals surface area contributed by atoms with E-state index in [1.807, 2.05) is 24.3 Å². The van der Waals surface area contributed by atoms with Crippen LogP contribution in [0.1, 0.15) is 71.6 Å². The summed E-state index contributed by atoms with van der Waals surface area (Å²) in [5, 5.41) is 50.4. The van der Waals surface area contributed by atoms with Crippen LogP contribution >= 0.6 is 0 Å². The number of rotatable bonds is 8. The van der Waals surface area contributed by atoms with Crippen LogP contribution in [0.4, 0.5) is 0 Å². The summed E-state index contributed by atoms with van der Waals surface area (Å²) in [6.07, 6.45) is 4.54. The topological polar surface area (TPSA) is 129 Å². The van der Waals surface area contributed by atoms with Crippen molar-refractivity contribution in [3.05, 3.63) is 144 Å². The number of benzene rings is 4. The molecule has 0 radical (unpaired) electrons. The average molecular weight is 765 g/mol. The van der Waals surface area contributed by atoms with Crippen molar-refractivity contribution in [1.29, 1.82) is 0 Å². The normalized spacial score (nSPS) is 27.5. The molecule has 4 heterocycles. The summed E-state index contributed by atoms with van der Waals surface area (Å²) >= 11 is 0. The SMILES string of the molecule is OC[C@@H]1CNCC[C@@H]1c1ccccc1.OC[C@@H]1CNCC[C@H]1c1ccccc1.OC[C@H]1CNCC[C@@H]1c1ccccc1.OC[C@H]1CNCC[C@H]1c1ccccc1. The first-order valence-corrected chi connectivity index (χ1v) is 21.1. The molecule has 4 aromatic carbocycles. The largest absolute Gasteiger partial charge is 0.396 e. The lowest BCUT2D eigenvalue weighted by molar-refractivity contribution is 0.179. The maximum Gasteiger partial charge on any atom is 0.0477 e. The minimum absolute atomic E-state index is 0.284. The third-order valence-corrected chi connectivity index (χ3v) is 12.3. The number of hydrogen-bond acceptors (Lipinski definition) is 8. The Morgan fingerprint density at radius 1 is 0.321 bits per heavy atom. The second-order valence-electron chi connectivity index (χ2n) is 15.8. The lowest BCUT2D eigenvalue weighted by Crippen LogP contribution is -2.37. The zero-order valence-corrected chi connectivity index (χ0v) is 33.3. The molecule has 0 bridgehead atoms. The van der Waals surface area contributed by atoms with Crippen molar-refractivity contribution in [3.63, 3.8) is 0 Å². The van der Waals surface area contributed by atoms with Crippen LogP contribution in [0.5, 0.6) is 0 Å². The number of nitrogens with one attached hydrogen (secondary N) is 4. The first kappa shape index (κ1) is 43.7. The summed E-state index contributed by atoms with van der Waals surface area (Å²) in [6, 6.07) is 42.1. The van der Waals surface area contributed by atoms with Gasteiger partial charge >= 0.3 is 0 Å². The Balaban J connectivity index is 0.000000143. The van der Waals surface area contributed by atoms with E-state index in [2.05, 4.69) is 118 Å². The van der Waals surface area contributed by atoms with E-state index in [1.54, 1.807) is 0 Å². The fourth-order valence-electron chi connectivity index (χ4n) is 9.02. The van der Waals surface area contributed by atoms with Crippen molar-refractivity contribution < 1.29 is 20.4 Å². The van der Waals surface area contributed by atoms with Gasteiger partial charge in [0, 0.05) is 76.3 Å². The molecule has 8 heteroatoms. The molecule has 0 aliphatic carbocycles. The third-order valence-electron chi connectivity index (χ3n) is 12.3. The molecule has 0 unspecified atom stereocenters. The number of aliphatic hydroxyl groups is 4. The standard InChI is InChI=1S/4C12H17NO/c4*14-9-11-8-13-7-6-12(11)10-4-2-1-3-5-10/h4*1-5,11-14H,6-9H2/t2*11-,12+;2*11-,12-/m1010/s1. The molecule has 0 saturated carbocycles. The van der Waals surface area contributed by atoms with Gasteiger partial charge in [0.25, 0.3) is 0 Å². The van der Waals surface area contributed by atoms with Crippen molar-refractivity contribution in [1.82, 2.24) is 21.3 Å². The molecule has 8 nitrogen and oxygen atoms in total. The second-order valence-corrected chi connectivity index (χ2v) is 15.8. The molecular weight excluding hydrogens is 697 g/mol. The molecule has 8 atom stereocenters. The fourth-order valence-corrected chi connectivity index (χ4v) is 9.02. The highest BCUT2D eigenvalue weighted by atomic mass is 16.3. The van der Waals surface area contributed by atoms with Gasteiger partial charge in [-0.15, -0.1) is 0 Å². The molecule has 0 amide bonds. The third kappa shape index (κ3) is 13.3. The first-order chi connectivity index (χ1) is 27.7. The lowest BCUT2D eigenvalue weighted by Gasteiger charge is -2.31. The summed E-state index contributed by atoms with van der Waals surface area (Å²) < 4.78 is 0. The Hall–Kier alpha value is -3.44. The van der Waals surface area contributed by atoms with E-state index in [9.17, 15) is 20.4 Å². The number of piperidine rings is 4. The van der Waals surface area contributed by atoms with E-state index in [4.69, 9.17) is 0 Å². The quantitative estimate of drug-likeness (QED) is 0.119. The summed E-state index contributed by atoms with van der Waals surface area (Å²) in [6.45, 7) is 9.16. The molecule has 56 heavy (non-hydrogen) atoms. The summed E-state index contributed by atoms with van der Waals surface area (Å²) in [7, 11) is 0. The van der Waals surface area contributed by atoms with Crippen LogP contribution in [-0.4, -0.2) is 99.2 Å². The van der Waals surface area contributed by atoms with Crippen LogP contribution in [0.25, 0.3) is 0 Å². The van der Waals surface area contributed by atoms with Crippen molar-refractivity contribution in [2.45, 2.75) is 49.4 Å². The van der Waals surface area contributed by atoms with Gasteiger partial charge in [0.2, 0.25) is 0 Å². The predicted octanol–water partition coefficient (Wildman–Crippen LogP) is 5.49. The van der Waals surface area contributed by atoms with Crippen molar-refractivity contribution >= 4 is 0 Å². The zero-order valence-electron chi connectivity index (χ0n) is 33.3. The summed E-state index contributed by atoms with van der Waals surface area (Å²) in [5.41, 5.74) is 5.47. The van der Waals surface area contributed by atoms with E-state index in [-0.39, 0.29) is 26.4 Å². The van der Waals surface area contributed by atoms with Crippen LogP contribution in [0.15, 0.2) is 121 Å². The van der Waals surface area contributed by atoms with Crippen LogP contribution < -0.4 is 21.3 Å². The van der Waals surface area contributed by atoms with E-state index >= 15 is 0 Å². The summed E-state index contributed by atoms with van der Waals surface area (Å²) in [4.78, 5) is 0. The molecule has 8 N–H and O–H groups in total. The van der Waals surface area contributed by atoms with Gasteiger partial charge in [0.1, 0.15) is 0 Å². The van der Waals surface area contributed by atoms with Gasteiger partial charge in [-0.3, -0.25) is 0 Å². The highest BCUT2D eigenvalue weighted by molar-refractivity contribution is 5.24.